The minimum atomic E-state index is -0.265. The number of ether oxygens (including phenoxy) is 2. The van der Waals surface area contributed by atoms with Crippen LogP contribution >= 0.6 is 11.6 Å². The summed E-state index contributed by atoms with van der Waals surface area (Å²) in [5.74, 6) is 0.824. The van der Waals surface area contributed by atoms with Gasteiger partial charge in [0.05, 0.1) is 16.9 Å². The van der Waals surface area contributed by atoms with E-state index in [0.29, 0.717) is 22.1 Å². The van der Waals surface area contributed by atoms with Crippen LogP contribution in [0.2, 0.25) is 5.02 Å². The molecule has 0 fully saturated rings. The van der Waals surface area contributed by atoms with Gasteiger partial charge in [-0.1, -0.05) is 11.6 Å². The predicted octanol–water partition coefficient (Wildman–Crippen LogP) is 2.03. The molecule has 2 heterocycles. The molecular weight excluding hydrogens is 320 g/mol. The smallest absolute Gasteiger partial charge is 0.261 e. The van der Waals surface area contributed by atoms with Crippen LogP contribution in [-0.4, -0.2) is 28.7 Å². The molecule has 0 spiro atoms. The van der Waals surface area contributed by atoms with Crippen LogP contribution in [0.3, 0.4) is 0 Å². The molecule has 0 unspecified atom stereocenters. The van der Waals surface area contributed by atoms with Crippen LogP contribution in [0.4, 0.5) is 0 Å². The fraction of sp³-hybridized carbons (Fsp3) is 0.267. The van der Waals surface area contributed by atoms with Crippen molar-refractivity contribution in [2.75, 3.05) is 6.79 Å². The zero-order valence-corrected chi connectivity index (χ0v) is 13.4. The number of aromatic nitrogens is 2. The van der Waals surface area contributed by atoms with Gasteiger partial charge in [0.25, 0.3) is 5.91 Å². The Labute approximate surface area is 137 Å². The number of fused-ring (bicyclic) bond motifs is 1. The summed E-state index contributed by atoms with van der Waals surface area (Å²) in [7, 11) is 0. The maximum Gasteiger partial charge on any atom is 0.261 e. The summed E-state index contributed by atoms with van der Waals surface area (Å²) in [6.07, 6.45) is 1.49. The van der Waals surface area contributed by atoms with Gasteiger partial charge in [0, 0.05) is 5.69 Å². The number of nitrogens with zero attached hydrogens (tertiary/aromatic N) is 3. The molecule has 2 aromatic rings. The van der Waals surface area contributed by atoms with Gasteiger partial charge in [-0.25, -0.2) is 5.43 Å². The van der Waals surface area contributed by atoms with Crippen LogP contribution in [-0.2, 0) is 11.3 Å². The molecule has 0 aliphatic carbocycles. The minimum Gasteiger partial charge on any atom is -0.454 e. The van der Waals surface area contributed by atoms with E-state index in [1.54, 1.807) is 16.8 Å². The van der Waals surface area contributed by atoms with E-state index in [2.05, 4.69) is 15.6 Å². The van der Waals surface area contributed by atoms with E-state index >= 15 is 0 Å². The first kappa shape index (κ1) is 15.4. The van der Waals surface area contributed by atoms with E-state index in [1.165, 1.54) is 6.21 Å². The van der Waals surface area contributed by atoms with Gasteiger partial charge in [0.15, 0.2) is 11.5 Å². The van der Waals surface area contributed by atoms with Crippen molar-refractivity contribution in [1.29, 1.82) is 0 Å². The van der Waals surface area contributed by atoms with Gasteiger partial charge < -0.3 is 9.47 Å². The zero-order valence-electron chi connectivity index (χ0n) is 12.7. The van der Waals surface area contributed by atoms with Crippen molar-refractivity contribution in [3.8, 4) is 11.5 Å². The molecule has 0 bridgehead atoms. The number of carbonyl (C=O) groups excluding carboxylic acids is 1. The summed E-state index contributed by atoms with van der Waals surface area (Å²) in [6, 6.07) is 5.34. The number of hydrogen-bond donors (Lipinski definition) is 1. The van der Waals surface area contributed by atoms with Gasteiger partial charge in [-0.3, -0.25) is 9.48 Å². The van der Waals surface area contributed by atoms with Gasteiger partial charge in [0.1, 0.15) is 6.54 Å². The van der Waals surface area contributed by atoms with E-state index < -0.39 is 0 Å². The Hall–Kier alpha value is -2.54. The number of hydrazone groups is 1. The number of benzene rings is 1. The molecule has 1 aromatic carbocycles. The third-order valence-corrected chi connectivity index (χ3v) is 3.53. The quantitative estimate of drug-likeness (QED) is 0.685. The molecule has 0 radical (unpaired) electrons. The maximum absolute atomic E-state index is 11.9. The Morgan fingerprint density at radius 3 is 3.00 bits per heavy atom. The highest BCUT2D eigenvalue weighted by Crippen LogP contribution is 2.39. The SMILES string of the molecule is Cc1cc(C)n(CC(=O)N/N=C\c2cc(Cl)c3c(c2)OCO3)n1. The van der Waals surface area contributed by atoms with Gasteiger partial charge in [-0.05, 0) is 37.6 Å². The largest absolute Gasteiger partial charge is 0.454 e. The highest BCUT2D eigenvalue weighted by Gasteiger charge is 2.17. The Morgan fingerprint density at radius 1 is 1.43 bits per heavy atom. The molecule has 0 atom stereocenters. The average molecular weight is 335 g/mol. The zero-order chi connectivity index (χ0) is 16.4. The highest BCUT2D eigenvalue weighted by atomic mass is 35.5. The lowest BCUT2D eigenvalue weighted by Crippen LogP contribution is -2.24. The molecule has 0 saturated carbocycles. The number of amides is 1. The average Bonchev–Trinajstić information content (AvgIpc) is 3.06. The maximum atomic E-state index is 11.9. The molecule has 1 amide bonds. The van der Waals surface area contributed by atoms with Crippen LogP contribution < -0.4 is 14.9 Å². The molecule has 1 N–H and O–H groups in total. The third-order valence-electron chi connectivity index (χ3n) is 3.25. The number of rotatable bonds is 4. The Kier molecular flexibility index (Phi) is 4.20. The van der Waals surface area contributed by atoms with Crippen molar-refractivity contribution in [2.24, 2.45) is 5.10 Å². The standard InChI is InChI=1S/C15H15ClN4O3/c1-9-3-10(2)20(19-9)7-14(21)18-17-6-11-4-12(16)15-13(5-11)22-8-23-15/h3-6H,7-8H2,1-2H3,(H,18,21)/b17-6-. The lowest BCUT2D eigenvalue weighted by Gasteiger charge is -2.03. The summed E-state index contributed by atoms with van der Waals surface area (Å²) in [5.41, 5.74) is 4.95. The number of nitrogens with one attached hydrogen (secondary N) is 1. The van der Waals surface area contributed by atoms with Crippen molar-refractivity contribution >= 4 is 23.7 Å². The molecular formula is C15H15ClN4O3. The Morgan fingerprint density at radius 2 is 2.26 bits per heavy atom. The van der Waals surface area contributed by atoms with Gasteiger partial charge in [-0.15, -0.1) is 0 Å². The van der Waals surface area contributed by atoms with Crippen LogP contribution in [0.1, 0.15) is 17.0 Å². The Balaban J connectivity index is 1.62. The summed E-state index contributed by atoms with van der Waals surface area (Å²) in [5, 5.41) is 8.58. The summed E-state index contributed by atoms with van der Waals surface area (Å²) >= 11 is 6.08. The van der Waals surface area contributed by atoms with Crippen molar-refractivity contribution in [3.63, 3.8) is 0 Å². The van der Waals surface area contributed by atoms with Crippen molar-refractivity contribution in [1.82, 2.24) is 15.2 Å². The van der Waals surface area contributed by atoms with Crippen LogP contribution in [0.5, 0.6) is 11.5 Å². The second-order valence-electron chi connectivity index (χ2n) is 5.11. The van der Waals surface area contributed by atoms with E-state index in [1.807, 2.05) is 19.9 Å². The molecule has 1 aliphatic heterocycles. The molecule has 7 nitrogen and oxygen atoms in total. The summed E-state index contributed by atoms with van der Waals surface area (Å²) in [4.78, 5) is 11.9. The Bertz CT molecular complexity index is 785. The van der Waals surface area contributed by atoms with Crippen LogP contribution in [0.25, 0.3) is 0 Å². The van der Waals surface area contributed by atoms with Crippen molar-refractivity contribution in [2.45, 2.75) is 20.4 Å². The first-order valence-electron chi connectivity index (χ1n) is 6.95. The van der Waals surface area contributed by atoms with E-state index in [9.17, 15) is 4.79 Å². The molecule has 0 saturated heterocycles. The van der Waals surface area contributed by atoms with E-state index in [-0.39, 0.29) is 19.2 Å². The molecule has 120 valence electrons. The lowest BCUT2D eigenvalue weighted by molar-refractivity contribution is -0.121. The molecule has 3 rings (SSSR count). The number of aryl methyl sites for hydroxylation is 2. The summed E-state index contributed by atoms with van der Waals surface area (Å²) < 4.78 is 12.1. The minimum absolute atomic E-state index is 0.110. The highest BCUT2D eigenvalue weighted by molar-refractivity contribution is 6.32. The van der Waals surface area contributed by atoms with E-state index in [4.69, 9.17) is 21.1 Å². The number of hydrogen-bond acceptors (Lipinski definition) is 5. The molecule has 1 aliphatic rings. The van der Waals surface area contributed by atoms with Gasteiger partial charge in [-0.2, -0.15) is 10.2 Å². The fourth-order valence-corrected chi connectivity index (χ4v) is 2.52. The van der Waals surface area contributed by atoms with E-state index in [0.717, 1.165) is 11.4 Å². The molecule has 23 heavy (non-hydrogen) atoms. The van der Waals surface area contributed by atoms with Crippen LogP contribution in [0.15, 0.2) is 23.3 Å². The second kappa shape index (κ2) is 6.29. The third kappa shape index (κ3) is 3.45. The van der Waals surface area contributed by atoms with Gasteiger partial charge in [0.2, 0.25) is 6.79 Å². The number of halogens is 1. The van der Waals surface area contributed by atoms with Crippen molar-refractivity contribution in [3.05, 3.63) is 40.2 Å². The second-order valence-corrected chi connectivity index (χ2v) is 5.52. The summed E-state index contributed by atoms with van der Waals surface area (Å²) in [6.45, 7) is 4.03. The fourth-order valence-electron chi connectivity index (χ4n) is 2.25. The first-order chi connectivity index (χ1) is 11.0. The first-order valence-corrected chi connectivity index (χ1v) is 7.33. The topological polar surface area (TPSA) is 77.7 Å². The predicted molar refractivity (Wildman–Crippen MR) is 85.0 cm³/mol. The monoisotopic (exact) mass is 334 g/mol. The molecule has 1 aromatic heterocycles. The van der Waals surface area contributed by atoms with Crippen LogP contribution in [0, 0.1) is 13.8 Å². The van der Waals surface area contributed by atoms with Crippen molar-refractivity contribution < 1.29 is 14.3 Å². The molecule has 8 heteroatoms. The lowest BCUT2D eigenvalue weighted by atomic mass is 10.2. The van der Waals surface area contributed by atoms with Gasteiger partial charge >= 0.3 is 0 Å². The number of carbonyl (C=O) groups is 1. The normalized spacial score (nSPS) is 12.8.